The zero-order valence-corrected chi connectivity index (χ0v) is 11.5. The lowest BCUT2D eigenvalue weighted by Crippen LogP contribution is -2.12. The average Bonchev–Trinajstić information content (AvgIpc) is 2.46. The SMILES string of the molecule is CCSCc1ccc(C(=O)Nc2cnccn2)cc1. The highest BCUT2D eigenvalue weighted by Crippen LogP contribution is 2.13. The van der Waals surface area contributed by atoms with Crippen LogP contribution in [0.15, 0.2) is 42.9 Å². The molecule has 0 aliphatic heterocycles. The third-order valence-corrected chi connectivity index (χ3v) is 3.44. The first-order chi connectivity index (χ1) is 9.29. The van der Waals surface area contributed by atoms with Crippen LogP contribution in [0.3, 0.4) is 0 Å². The summed E-state index contributed by atoms with van der Waals surface area (Å²) in [6.07, 6.45) is 4.63. The summed E-state index contributed by atoms with van der Waals surface area (Å²) in [6, 6.07) is 7.62. The fourth-order valence-corrected chi connectivity index (χ4v) is 2.16. The summed E-state index contributed by atoms with van der Waals surface area (Å²) in [7, 11) is 0. The van der Waals surface area contributed by atoms with Crippen molar-refractivity contribution in [2.45, 2.75) is 12.7 Å². The van der Waals surface area contributed by atoms with Crippen LogP contribution >= 0.6 is 11.8 Å². The van der Waals surface area contributed by atoms with Gasteiger partial charge in [0.25, 0.3) is 5.91 Å². The van der Waals surface area contributed by atoms with Crippen LogP contribution in [0, 0.1) is 0 Å². The summed E-state index contributed by atoms with van der Waals surface area (Å²) in [5.41, 5.74) is 1.85. The topological polar surface area (TPSA) is 54.9 Å². The smallest absolute Gasteiger partial charge is 0.256 e. The molecular weight excluding hydrogens is 258 g/mol. The highest BCUT2D eigenvalue weighted by molar-refractivity contribution is 7.98. The summed E-state index contributed by atoms with van der Waals surface area (Å²) in [5.74, 6) is 2.35. The Morgan fingerprint density at radius 1 is 1.26 bits per heavy atom. The molecule has 0 bridgehead atoms. The van der Waals surface area contributed by atoms with E-state index >= 15 is 0 Å². The largest absolute Gasteiger partial charge is 0.305 e. The van der Waals surface area contributed by atoms with E-state index < -0.39 is 0 Å². The maximum absolute atomic E-state index is 12.0. The van der Waals surface area contributed by atoms with E-state index in [-0.39, 0.29) is 5.91 Å². The van der Waals surface area contributed by atoms with Gasteiger partial charge in [0.1, 0.15) is 0 Å². The lowest BCUT2D eigenvalue weighted by atomic mass is 10.1. The van der Waals surface area contributed by atoms with Crippen molar-refractivity contribution in [1.82, 2.24) is 9.97 Å². The molecule has 4 nitrogen and oxygen atoms in total. The Balaban J connectivity index is 1.99. The standard InChI is InChI=1S/C14H15N3OS/c1-2-19-10-11-3-5-12(6-4-11)14(18)17-13-9-15-7-8-16-13/h3-9H,2,10H2,1H3,(H,16,17,18). The van der Waals surface area contributed by atoms with Crippen LogP contribution in [0.4, 0.5) is 5.82 Å². The molecule has 0 saturated carbocycles. The minimum absolute atomic E-state index is 0.171. The second-order valence-corrected chi connectivity index (χ2v) is 5.15. The van der Waals surface area contributed by atoms with Gasteiger partial charge in [0.05, 0.1) is 6.20 Å². The van der Waals surface area contributed by atoms with Crippen LogP contribution in [0.25, 0.3) is 0 Å². The summed E-state index contributed by atoms with van der Waals surface area (Å²) in [6.45, 7) is 2.13. The number of hydrogen-bond acceptors (Lipinski definition) is 4. The number of amides is 1. The van der Waals surface area contributed by atoms with Gasteiger partial charge < -0.3 is 5.32 Å². The molecular formula is C14H15N3OS. The Hall–Kier alpha value is -1.88. The van der Waals surface area contributed by atoms with E-state index in [0.29, 0.717) is 11.4 Å². The summed E-state index contributed by atoms with van der Waals surface area (Å²) < 4.78 is 0. The Labute approximate surface area is 116 Å². The van der Waals surface area contributed by atoms with Gasteiger partial charge in [0, 0.05) is 23.7 Å². The van der Waals surface area contributed by atoms with Gasteiger partial charge in [-0.15, -0.1) is 0 Å². The number of hydrogen-bond donors (Lipinski definition) is 1. The van der Waals surface area contributed by atoms with Gasteiger partial charge in [-0.1, -0.05) is 19.1 Å². The Morgan fingerprint density at radius 3 is 2.68 bits per heavy atom. The van der Waals surface area contributed by atoms with Gasteiger partial charge in [-0.3, -0.25) is 9.78 Å². The molecule has 2 aromatic rings. The molecule has 1 N–H and O–H groups in total. The fraction of sp³-hybridized carbons (Fsp3) is 0.214. The van der Waals surface area contributed by atoms with E-state index in [0.717, 1.165) is 11.5 Å². The molecule has 2 rings (SSSR count). The molecule has 5 heteroatoms. The Kier molecular flexibility index (Phi) is 4.92. The lowest BCUT2D eigenvalue weighted by molar-refractivity contribution is 0.102. The molecule has 0 spiro atoms. The van der Waals surface area contributed by atoms with Crippen molar-refractivity contribution in [3.05, 3.63) is 54.0 Å². The highest BCUT2D eigenvalue weighted by Gasteiger charge is 2.06. The van der Waals surface area contributed by atoms with Crippen molar-refractivity contribution in [3.8, 4) is 0 Å². The fourth-order valence-electron chi connectivity index (χ4n) is 1.52. The molecule has 98 valence electrons. The molecule has 0 aliphatic carbocycles. The van der Waals surface area contributed by atoms with Gasteiger partial charge in [0.15, 0.2) is 5.82 Å². The van der Waals surface area contributed by atoms with Crippen LogP contribution in [0.2, 0.25) is 0 Å². The van der Waals surface area contributed by atoms with Crippen LogP contribution in [-0.4, -0.2) is 21.6 Å². The van der Waals surface area contributed by atoms with E-state index in [4.69, 9.17) is 0 Å². The van der Waals surface area contributed by atoms with E-state index in [1.165, 1.54) is 11.8 Å². The first-order valence-electron chi connectivity index (χ1n) is 6.03. The number of benzene rings is 1. The molecule has 1 amide bonds. The van der Waals surface area contributed by atoms with Crippen LogP contribution < -0.4 is 5.32 Å². The average molecular weight is 273 g/mol. The monoisotopic (exact) mass is 273 g/mol. The molecule has 0 aliphatic rings. The van der Waals surface area contributed by atoms with Crippen molar-refractivity contribution in [3.63, 3.8) is 0 Å². The van der Waals surface area contributed by atoms with Crippen molar-refractivity contribution in [1.29, 1.82) is 0 Å². The number of anilines is 1. The quantitative estimate of drug-likeness (QED) is 0.910. The van der Waals surface area contributed by atoms with Crippen molar-refractivity contribution >= 4 is 23.5 Å². The molecule has 0 saturated heterocycles. The Bertz CT molecular complexity index is 528. The molecule has 1 aromatic heterocycles. The zero-order chi connectivity index (χ0) is 13.5. The summed E-state index contributed by atoms with van der Waals surface area (Å²) in [4.78, 5) is 19.9. The number of aromatic nitrogens is 2. The van der Waals surface area contributed by atoms with Gasteiger partial charge >= 0.3 is 0 Å². The predicted octanol–water partition coefficient (Wildman–Crippen LogP) is 2.98. The molecule has 19 heavy (non-hydrogen) atoms. The Morgan fingerprint density at radius 2 is 2.05 bits per heavy atom. The van der Waals surface area contributed by atoms with Gasteiger partial charge in [-0.25, -0.2) is 4.98 Å². The molecule has 0 atom stereocenters. The molecule has 0 fully saturated rings. The van der Waals surface area contributed by atoms with Crippen molar-refractivity contribution in [2.75, 3.05) is 11.1 Å². The second kappa shape index (κ2) is 6.89. The highest BCUT2D eigenvalue weighted by atomic mass is 32.2. The third-order valence-electron chi connectivity index (χ3n) is 2.49. The number of carbonyl (C=O) groups is 1. The summed E-state index contributed by atoms with van der Waals surface area (Å²) in [5, 5.41) is 2.70. The number of rotatable bonds is 5. The second-order valence-electron chi connectivity index (χ2n) is 3.88. The first kappa shape index (κ1) is 13.5. The van der Waals surface area contributed by atoms with E-state index in [2.05, 4.69) is 22.2 Å². The third kappa shape index (κ3) is 4.06. The van der Waals surface area contributed by atoms with Crippen molar-refractivity contribution < 1.29 is 4.79 Å². The van der Waals surface area contributed by atoms with Crippen LogP contribution in [0.1, 0.15) is 22.8 Å². The first-order valence-corrected chi connectivity index (χ1v) is 7.19. The lowest BCUT2D eigenvalue weighted by Gasteiger charge is -2.05. The number of thioether (sulfide) groups is 1. The van der Waals surface area contributed by atoms with E-state index in [1.54, 1.807) is 12.4 Å². The minimum atomic E-state index is -0.171. The molecule has 0 radical (unpaired) electrons. The maximum Gasteiger partial charge on any atom is 0.256 e. The van der Waals surface area contributed by atoms with E-state index in [9.17, 15) is 4.79 Å². The predicted molar refractivity (Wildman–Crippen MR) is 78.3 cm³/mol. The number of carbonyl (C=O) groups excluding carboxylic acids is 1. The zero-order valence-electron chi connectivity index (χ0n) is 10.7. The maximum atomic E-state index is 12.0. The van der Waals surface area contributed by atoms with Gasteiger partial charge in [-0.2, -0.15) is 11.8 Å². The minimum Gasteiger partial charge on any atom is -0.305 e. The van der Waals surface area contributed by atoms with E-state index in [1.807, 2.05) is 36.0 Å². The normalized spacial score (nSPS) is 10.2. The molecule has 1 aromatic carbocycles. The molecule has 1 heterocycles. The van der Waals surface area contributed by atoms with Gasteiger partial charge in [0.2, 0.25) is 0 Å². The molecule has 0 unspecified atom stereocenters. The number of nitrogens with zero attached hydrogens (tertiary/aromatic N) is 2. The van der Waals surface area contributed by atoms with Crippen LogP contribution in [0.5, 0.6) is 0 Å². The van der Waals surface area contributed by atoms with Crippen LogP contribution in [-0.2, 0) is 5.75 Å². The number of nitrogens with one attached hydrogen (secondary N) is 1. The van der Waals surface area contributed by atoms with Gasteiger partial charge in [-0.05, 0) is 23.4 Å². The van der Waals surface area contributed by atoms with Crippen molar-refractivity contribution in [2.24, 2.45) is 0 Å². The summed E-state index contributed by atoms with van der Waals surface area (Å²) >= 11 is 1.86.